The Labute approximate surface area is 145 Å². The van der Waals surface area contributed by atoms with Gasteiger partial charge in [-0.2, -0.15) is 0 Å². The summed E-state index contributed by atoms with van der Waals surface area (Å²) in [6.07, 6.45) is 0. The molecule has 0 spiro atoms. The zero-order valence-corrected chi connectivity index (χ0v) is 15.1. The van der Waals surface area contributed by atoms with Crippen molar-refractivity contribution in [1.29, 1.82) is 0 Å². The fourth-order valence-corrected chi connectivity index (χ4v) is 2.46. The van der Waals surface area contributed by atoms with Crippen molar-refractivity contribution < 1.29 is 14.1 Å². The molecule has 1 aromatic carbocycles. The van der Waals surface area contributed by atoms with Gasteiger partial charge in [0.15, 0.2) is 5.76 Å². The maximum Gasteiger partial charge on any atom is 0.261 e. The summed E-state index contributed by atoms with van der Waals surface area (Å²) in [6.45, 7) is 5.56. The van der Waals surface area contributed by atoms with Crippen molar-refractivity contribution in [3.05, 3.63) is 45.8 Å². The van der Waals surface area contributed by atoms with Gasteiger partial charge in [-0.1, -0.05) is 30.6 Å². The van der Waals surface area contributed by atoms with Crippen LogP contribution in [0.2, 0.25) is 5.02 Å². The van der Waals surface area contributed by atoms with E-state index in [2.05, 4.69) is 10.5 Å². The first-order chi connectivity index (χ1) is 11.2. The van der Waals surface area contributed by atoms with Crippen LogP contribution in [0, 0.1) is 6.92 Å². The first-order valence-corrected chi connectivity index (χ1v) is 7.88. The van der Waals surface area contributed by atoms with Crippen LogP contribution in [-0.4, -0.2) is 36.0 Å². The lowest BCUT2D eigenvalue weighted by Gasteiger charge is -2.13. The molecule has 0 atom stereocenters. The van der Waals surface area contributed by atoms with Crippen LogP contribution in [0.3, 0.4) is 0 Å². The average Bonchev–Trinajstić information content (AvgIpc) is 2.90. The number of anilines is 1. The molecule has 0 aliphatic rings. The molecule has 2 aromatic rings. The zero-order chi connectivity index (χ0) is 18.0. The largest absolute Gasteiger partial charge is 0.360 e. The molecule has 0 fully saturated rings. The number of nitrogens with one attached hydrogen (secondary N) is 1. The predicted octanol–water partition coefficient (Wildman–Crippen LogP) is 3.71. The second kappa shape index (κ2) is 7.05. The molecule has 2 amide bonds. The average molecular weight is 350 g/mol. The first kappa shape index (κ1) is 18.0. The number of benzene rings is 1. The van der Waals surface area contributed by atoms with Crippen LogP contribution in [0.15, 0.2) is 22.7 Å². The number of aryl methyl sites for hydroxylation is 1. The lowest BCUT2D eigenvalue weighted by molar-refractivity contribution is 0.0827. The molecule has 24 heavy (non-hydrogen) atoms. The van der Waals surface area contributed by atoms with Crippen LogP contribution in [0.1, 0.15) is 51.9 Å². The summed E-state index contributed by atoms with van der Waals surface area (Å²) >= 11 is 6.08. The molecule has 0 aliphatic carbocycles. The summed E-state index contributed by atoms with van der Waals surface area (Å²) < 4.78 is 5.24. The third-order valence-electron chi connectivity index (χ3n) is 3.50. The van der Waals surface area contributed by atoms with Crippen molar-refractivity contribution in [2.45, 2.75) is 26.7 Å². The molecule has 0 saturated heterocycles. The van der Waals surface area contributed by atoms with Gasteiger partial charge < -0.3 is 14.7 Å². The SMILES string of the molecule is Cc1noc(C(C)C)c1C(=O)Nc1ccc(Cl)c(C(=O)N(C)C)c1. The molecule has 0 bridgehead atoms. The molecule has 7 heteroatoms. The summed E-state index contributed by atoms with van der Waals surface area (Å²) in [4.78, 5) is 26.1. The van der Waals surface area contributed by atoms with Crippen LogP contribution < -0.4 is 5.32 Å². The van der Waals surface area contributed by atoms with Gasteiger partial charge in [-0.3, -0.25) is 9.59 Å². The van der Waals surface area contributed by atoms with Crippen LogP contribution in [0.4, 0.5) is 5.69 Å². The molecule has 1 aromatic heterocycles. The van der Waals surface area contributed by atoms with Crippen LogP contribution >= 0.6 is 11.6 Å². The van der Waals surface area contributed by atoms with E-state index in [0.717, 1.165) is 0 Å². The Hall–Kier alpha value is -2.34. The Bertz CT molecular complexity index is 781. The predicted molar refractivity (Wildman–Crippen MR) is 92.8 cm³/mol. The molecule has 0 saturated carbocycles. The van der Waals surface area contributed by atoms with E-state index in [4.69, 9.17) is 16.1 Å². The minimum Gasteiger partial charge on any atom is -0.360 e. The monoisotopic (exact) mass is 349 g/mol. The van der Waals surface area contributed by atoms with Gasteiger partial charge in [0.2, 0.25) is 0 Å². The molecule has 1 heterocycles. The van der Waals surface area contributed by atoms with Crippen molar-refractivity contribution in [1.82, 2.24) is 10.1 Å². The molecule has 128 valence electrons. The zero-order valence-electron chi connectivity index (χ0n) is 14.3. The van der Waals surface area contributed by atoms with Crippen LogP contribution in [-0.2, 0) is 0 Å². The van der Waals surface area contributed by atoms with Crippen molar-refractivity contribution in [3.63, 3.8) is 0 Å². The fraction of sp³-hybridized carbons (Fsp3) is 0.353. The van der Waals surface area contributed by atoms with E-state index < -0.39 is 0 Å². The lowest BCUT2D eigenvalue weighted by Crippen LogP contribution is -2.22. The Morgan fingerprint density at radius 2 is 1.96 bits per heavy atom. The molecular formula is C17H20ClN3O3. The van der Waals surface area contributed by atoms with Gasteiger partial charge in [0.05, 0.1) is 16.3 Å². The van der Waals surface area contributed by atoms with Crippen LogP contribution in [0.25, 0.3) is 0 Å². The third kappa shape index (κ3) is 3.59. The number of rotatable bonds is 4. The Kier molecular flexibility index (Phi) is 5.29. The van der Waals surface area contributed by atoms with Gasteiger partial charge in [-0.25, -0.2) is 0 Å². The van der Waals surface area contributed by atoms with E-state index in [1.54, 1.807) is 39.2 Å². The van der Waals surface area contributed by atoms with Gasteiger partial charge in [-0.15, -0.1) is 0 Å². The Morgan fingerprint density at radius 1 is 1.29 bits per heavy atom. The van der Waals surface area contributed by atoms with Crippen LogP contribution in [0.5, 0.6) is 0 Å². The topological polar surface area (TPSA) is 75.4 Å². The van der Waals surface area contributed by atoms with E-state index >= 15 is 0 Å². The fourth-order valence-electron chi connectivity index (χ4n) is 2.26. The minimum absolute atomic E-state index is 0.0306. The second-order valence-corrected chi connectivity index (χ2v) is 6.42. The van der Waals surface area contributed by atoms with Gasteiger partial charge in [0.1, 0.15) is 5.56 Å². The highest BCUT2D eigenvalue weighted by Gasteiger charge is 2.23. The molecular weight excluding hydrogens is 330 g/mol. The third-order valence-corrected chi connectivity index (χ3v) is 3.83. The smallest absolute Gasteiger partial charge is 0.261 e. The van der Waals surface area contributed by atoms with Crippen molar-refractivity contribution in [3.8, 4) is 0 Å². The summed E-state index contributed by atoms with van der Waals surface area (Å²) in [5, 5.41) is 6.97. The first-order valence-electron chi connectivity index (χ1n) is 7.51. The van der Waals surface area contributed by atoms with Crippen molar-refractivity contribution in [2.24, 2.45) is 0 Å². The van der Waals surface area contributed by atoms with E-state index in [9.17, 15) is 9.59 Å². The standard InChI is InChI=1S/C17H20ClN3O3/c1-9(2)15-14(10(3)20-24-15)16(22)19-11-6-7-13(18)12(8-11)17(23)21(4)5/h6-9H,1-5H3,(H,19,22). The number of halogens is 1. The second-order valence-electron chi connectivity index (χ2n) is 6.01. The molecule has 0 radical (unpaired) electrons. The minimum atomic E-state index is -0.331. The van der Waals surface area contributed by atoms with E-state index in [-0.39, 0.29) is 17.7 Å². The van der Waals surface area contributed by atoms with Gasteiger partial charge >= 0.3 is 0 Å². The number of carbonyl (C=O) groups is 2. The summed E-state index contributed by atoms with van der Waals surface area (Å²) in [7, 11) is 3.28. The van der Waals surface area contributed by atoms with Gasteiger partial charge in [-0.05, 0) is 25.1 Å². The summed E-state index contributed by atoms with van der Waals surface area (Å²) in [5.74, 6) is -0.00486. The van der Waals surface area contributed by atoms with Gasteiger partial charge in [0, 0.05) is 25.7 Å². The Morgan fingerprint density at radius 3 is 2.54 bits per heavy atom. The maximum absolute atomic E-state index is 12.6. The number of nitrogens with zero attached hydrogens (tertiary/aromatic N) is 2. The quantitative estimate of drug-likeness (QED) is 0.912. The number of carbonyl (C=O) groups excluding carboxylic acids is 2. The van der Waals surface area contributed by atoms with Crippen molar-refractivity contribution >= 4 is 29.1 Å². The number of amides is 2. The highest BCUT2D eigenvalue weighted by atomic mass is 35.5. The van der Waals surface area contributed by atoms with Crippen molar-refractivity contribution in [2.75, 3.05) is 19.4 Å². The number of aromatic nitrogens is 1. The normalized spacial score (nSPS) is 10.8. The summed E-state index contributed by atoms with van der Waals surface area (Å²) in [5.41, 5.74) is 1.74. The molecule has 0 unspecified atom stereocenters. The van der Waals surface area contributed by atoms with Gasteiger partial charge in [0.25, 0.3) is 11.8 Å². The Balaban J connectivity index is 2.32. The highest BCUT2D eigenvalue weighted by molar-refractivity contribution is 6.34. The molecule has 2 rings (SSSR count). The highest BCUT2D eigenvalue weighted by Crippen LogP contribution is 2.25. The number of hydrogen-bond acceptors (Lipinski definition) is 4. The van der Waals surface area contributed by atoms with E-state index in [0.29, 0.717) is 33.3 Å². The summed E-state index contributed by atoms with van der Waals surface area (Å²) in [6, 6.07) is 4.78. The molecule has 0 aliphatic heterocycles. The lowest BCUT2D eigenvalue weighted by atomic mass is 10.0. The maximum atomic E-state index is 12.6. The number of hydrogen-bond donors (Lipinski definition) is 1. The van der Waals surface area contributed by atoms with E-state index in [1.165, 1.54) is 4.90 Å². The molecule has 1 N–H and O–H groups in total. The van der Waals surface area contributed by atoms with E-state index in [1.807, 2.05) is 13.8 Å². The molecule has 6 nitrogen and oxygen atoms in total.